The molecule has 1 unspecified atom stereocenters. The highest BCUT2D eigenvalue weighted by atomic mass is 28.3. The van der Waals surface area contributed by atoms with Gasteiger partial charge in [-0.1, -0.05) is 61.1 Å². The number of nitrogens with zero attached hydrogens (tertiary/aromatic N) is 1. The molecule has 0 amide bonds. The van der Waals surface area contributed by atoms with Crippen molar-refractivity contribution in [3.05, 3.63) is 43.0 Å². The third-order valence-corrected chi connectivity index (χ3v) is 8.40. The van der Waals surface area contributed by atoms with Gasteiger partial charge < -0.3 is 4.90 Å². The normalized spacial score (nSPS) is 13.5. The lowest BCUT2D eigenvalue weighted by Gasteiger charge is -2.38. The smallest absolute Gasteiger partial charge is 0.0986 e. The average molecular weight is 276 g/mol. The third kappa shape index (κ3) is 4.63. The standard InChI is InChI=1S/C17H29NSi/c1-6-7-8-12-15-17(18(2)3)19(4,5)16-13-10-9-11-14-16/h6,9-11,13-14,17H,1,7-8,12,15H2,2-5H3. The van der Waals surface area contributed by atoms with Gasteiger partial charge in [-0.3, -0.25) is 0 Å². The summed E-state index contributed by atoms with van der Waals surface area (Å²) in [5.41, 5.74) is 0.708. The molecule has 0 saturated heterocycles. The molecule has 1 nitrogen and oxygen atoms in total. The molecule has 0 radical (unpaired) electrons. The van der Waals surface area contributed by atoms with Crippen LogP contribution < -0.4 is 5.19 Å². The van der Waals surface area contributed by atoms with Crippen LogP contribution in [0.2, 0.25) is 13.1 Å². The zero-order chi connectivity index (χ0) is 14.3. The number of rotatable bonds is 8. The first-order chi connectivity index (χ1) is 9.00. The molecule has 0 bridgehead atoms. The SMILES string of the molecule is C=CCCCCC(N(C)C)[Si](C)(C)c1ccccc1. The molecule has 19 heavy (non-hydrogen) atoms. The Kier molecular flexibility index (Phi) is 6.53. The van der Waals surface area contributed by atoms with Crippen molar-refractivity contribution >= 4 is 13.3 Å². The van der Waals surface area contributed by atoms with Crippen LogP contribution in [0.3, 0.4) is 0 Å². The second-order valence-electron chi connectivity index (χ2n) is 6.14. The molecule has 1 atom stereocenters. The maximum atomic E-state index is 3.81. The fourth-order valence-electron chi connectivity index (χ4n) is 2.95. The van der Waals surface area contributed by atoms with Gasteiger partial charge in [0.05, 0.1) is 8.07 Å². The molecule has 0 fully saturated rings. The van der Waals surface area contributed by atoms with Gasteiger partial charge in [-0.15, -0.1) is 6.58 Å². The van der Waals surface area contributed by atoms with Crippen molar-refractivity contribution in [3.8, 4) is 0 Å². The Balaban J connectivity index is 2.76. The van der Waals surface area contributed by atoms with Gasteiger partial charge >= 0.3 is 0 Å². The molecular weight excluding hydrogens is 246 g/mol. The average Bonchev–Trinajstić information content (AvgIpc) is 2.39. The summed E-state index contributed by atoms with van der Waals surface area (Å²) in [6, 6.07) is 11.1. The first-order valence-corrected chi connectivity index (χ1v) is 10.4. The molecule has 1 aromatic rings. The first-order valence-electron chi connectivity index (χ1n) is 7.33. The zero-order valence-electron chi connectivity index (χ0n) is 13.0. The number of unbranched alkanes of at least 4 members (excludes halogenated alkanes) is 2. The summed E-state index contributed by atoms with van der Waals surface area (Å²) in [5, 5.41) is 1.57. The predicted molar refractivity (Wildman–Crippen MR) is 89.7 cm³/mol. The minimum atomic E-state index is -1.43. The van der Waals surface area contributed by atoms with E-state index in [1.807, 2.05) is 6.08 Å². The maximum absolute atomic E-state index is 3.81. The van der Waals surface area contributed by atoms with Gasteiger partial charge in [0.2, 0.25) is 0 Å². The Morgan fingerprint density at radius 1 is 1.16 bits per heavy atom. The molecule has 0 aliphatic carbocycles. The zero-order valence-corrected chi connectivity index (χ0v) is 14.0. The summed E-state index contributed by atoms with van der Waals surface area (Å²) in [6.45, 7) is 8.81. The monoisotopic (exact) mass is 275 g/mol. The molecule has 0 aliphatic heterocycles. The van der Waals surface area contributed by atoms with E-state index in [4.69, 9.17) is 0 Å². The van der Waals surface area contributed by atoms with E-state index in [1.165, 1.54) is 19.3 Å². The van der Waals surface area contributed by atoms with Crippen LogP contribution in [-0.2, 0) is 0 Å². The molecule has 1 aromatic carbocycles. The maximum Gasteiger partial charge on any atom is 0.0986 e. The molecule has 1 rings (SSSR count). The molecule has 106 valence electrons. The lowest BCUT2D eigenvalue weighted by Crippen LogP contribution is -2.58. The van der Waals surface area contributed by atoms with E-state index in [-0.39, 0.29) is 0 Å². The quantitative estimate of drug-likeness (QED) is 0.396. The molecule has 0 aromatic heterocycles. The Morgan fingerprint density at radius 3 is 2.32 bits per heavy atom. The number of hydrogen-bond acceptors (Lipinski definition) is 1. The van der Waals surface area contributed by atoms with Crippen LogP contribution in [0.25, 0.3) is 0 Å². The summed E-state index contributed by atoms with van der Waals surface area (Å²) in [7, 11) is 3.03. The minimum Gasteiger partial charge on any atom is -0.309 e. The highest BCUT2D eigenvalue weighted by Gasteiger charge is 2.34. The van der Waals surface area contributed by atoms with Crippen molar-refractivity contribution in [2.24, 2.45) is 0 Å². The van der Waals surface area contributed by atoms with Crippen LogP contribution in [0, 0.1) is 0 Å². The van der Waals surface area contributed by atoms with Crippen molar-refractivity contribution < 1.29 is 0 Å². The molecule has 0 aliphatic rings. The van der Waals surface area contributed by atoms with E-state index in [1.54, 1.807) is 5.19 Å². The van der Waals surface area contributed by atoms with Crippen molar-refractivity contribution in [2.75, 3.05) is 14.1 Å². The summed E-state index contributed by atoms with van der Waals surface area (Å²) in [6.07, 6.45) is 7.05. The van der Waals surface area contributed by atoms with E-state index in [0.717, 1.165) is 6.42 Å². The van der Waals surface area contributed by atoms with E-state index >= 15 is 0 Å². The largest absolute Gasteiger partial charge is 0.309 e. The second kappa shape index (κ2) is 7.66. The molecule has 0 heterocycles. The first kappa shape index (κ1) is 16.2. The molecule has 2 heteroatoms. The Hall–Kier alpha value is -0.863. The number of hydrogen-bond donors (Lipinski definition) is 0. The molecular formula is C17H29NSi. The summed E-state index contributed by atoms with van der Waals surface area (Å²) >= 11 is 0. The summed E-state index contributed by atoms with van der Waals surface area (Å²) < 4.78 is 0. The van der Waals surface area contributed by atoms with Gasteiger partial charge in [0.25, 0.3) is 0 Å². The molecule has 0 saturated carbocycles. The van der Waals surface area contributed by atoms with Crippen molar-refractivity contribution in [1.82, 2.24) is 4.90 Å². The van der Waals surface area contributed by atoms with Gasteiger partial charge in [-0.2, -0.15) is 0 Å². The second-order valence-corrected chi connectivity index (χ2v) is 10.8. The highest BCUT2D eigenvalue weighted by Crippen LogP contribution is 2.19. The number of benzene rings is 1. The summed E-state index contributed by atoms with van der Waals surface area (Å²) in [4.78, 5) is 2.44. The van der Waals surface area contributed by atoms with E-state index < -0.39 is 8.07 Å². The van der Waals surface area contributed by atoms with Crippen molar-refractivity contribution in [3.63, 3.8) is 0 Å². The molecule has 0 N–H and O–H groups in total. The summed E-state index contributed by atoms with van der Waals surface area (Å²) in [5.74, 6) is 0. The Morgan fingerprint density at radius 2 is 1.79 bits per heavy atom. The third-order valence-electron chi connectivity index (χ3n) is 4.11. The van der Waals surface area contributed by atoms with E-state index in [0.29, 0.717) is 5.67 Å². The lowest BCUT2D eigenvalue weighted by molar-refractivity contribution is 0.342. The lowest BCUT2D eigenvalue weighted by atomic mass is 10.2. The van der Waals surface area contributed by atoms with Gasteiger partial charge in [0.15, 0.2) is 0 Å². The highest BCUT2D eigenvalue weighted by molar-refractivity contribution is 6.91. The van der Waals surface area contributed by atoms with Gasteiger partial charge in [0, 0.05) is 5.67 Å². The van der Waals surface area contributed by atoms with Crippen LogP contribution in [0.15, 0.2) is 43.0 Å². The van der Waals surface area contributed by atoms with Crippen molar-refractivity contribution in [2.45, 2.75) is 44.4 Å². The van der Waals surface area contributed by atoms with Gasteiger partial charge in [-0.25, -0.2) is 0 Å². The van der Waals surface area contributed by atoms with Crippen LogP contribution in [0.4, 0.5) is 0 Å². The Labute approximate surface area is 120 Å². The van der Waals surface area contributed by atoms with Crippen molar-refractivity contribution in [1.29, 1.82) is 0 Å². The topological polar surface area (TPSA) is 3.24 Å². The molecule has 0 spiro atoms. The van der Waals surface area contributed by atoms with E-state index in [2.05, 4.69) is 69.0 Å². The fourth-order valence-corrected chi connectivity index (χ4v) is 6.60. The van der Waals surface area contributed by atoms with Crippen LogP contribution >= 0.6 is 0 Å². The van der Waals surface area contributed by atoms with Crippen LogP contribution in [-0.4, -0.2) is 32.7 Å². The van der Waals surface area contributed by atoms with Crippen LogP contribution in [0.5, 0.6) is 0 Å². The van der Waals surface area contributed by atoms with Gasteiger partial charge in [0.1, 0.15) is 0 Å². The fraction of sp³-hybridized carbons (Fsp3) is 0.529. The van der Waals surface area contributed by atoms with Crippen LogP contribution in [0.1, 0.15) is 25.7 Å². The van der Waals surface area contributed by atoms with E-state index in [9.17, 15) is 0 Å². The number of allylic oxidation sites excluding steroid dienone is 1. The Bertz CT molecular complexity index is 370. The van der Waals surface area contributed by atoms with Gasteiger partial charge in [-0.05, 0) is 33.4 Å². The predicted octanol–water partition coefficient (Wildman–Crippen LogP) is 3.82. The minimum absolute atomic E-state index is 0.708.